The Morgan fingerprint density at radius 2 is 0.833 bits per heavy atom. The van der Waals surface area contributed by atoms with Crippen LogP contribution in [0.2, 0.25) is 0 Å². The molecule has 2 heterocycles. The number of rotatable bonds is 1. The van der Waals surface area contributed by atoms with Gasteiger partial charge in [0, 0.05) is 84.0 Å². The molecule has 5 nitrogen and oxygen atoms in total. The van der Waals surface area contributed by atoms with Gasteiger partial charge in [-0.15, -0.1) is 0 Å². The first-order chi connectivity index (χ1) is 34.0. The number of aromatic hydroxyl groups is 2. The summed E-state index contributed by atoms with van der Waals surface area (Å²) in [6.45, 7) is 26.4. The molecule has 1 aliphatic carbocycles. The second kappa shape index (κ2) is 17.8. The van der Waals surface area contributed by atoms with Gasteiger partial charge in [0.15, 0.2) is 0 Å². The summed E-state index contributed by atoms with van der Waals surface area (Å²) in [6, 6.07) is 36.8. The van der Waals surface area contributed by atoms with E-state index >= 15 is 0 Å². The highest BCUT2D eigenvalue weighted by atomic mass is 16.3. The highest BCUT2D eigenvalue weighted by Gasteiger charge is 2.27. The number of fused-ring (bicyclic) bond motifs is 7. The maximum atomic E-state index is 11.8. The third kappa shape index (κ3) is 9.39. The quantitative estimate of drug-likeness (QED) is 0.0978. The smallest absolute Gasteiger partial charge is 0.128 e. The minimum absolute atomic E-state index is 0.0822. The molecule has 72 heavy (non-hydrogen) atoms. The van der Waals surface area contributed by atoms with Gasteiger partial charge in [-0.25, -0.2) is 4.98 Å². The fraction of sp³-hybridized carbons (Fsp3) is 0.328. The lowest BCUT2D eigenvalue weighted by Gasteiger charge is -2.27. The van der Waals surface area contributed by atoms with E-state index in [0.29, 0.717) is 11.1 Å². The van der Waals surface area contributed by atoms with E-state index in [1.807, 2.05) is 36.7 Å². The van der Waals surface area contributed by atoms with Crippen LogP contribution in [0, 0.1) is 23.7 Å². The van der Waals surface area contributed by atoms with Crippen LogP contribution in [0.25, 0.3) is 54.5 Å². The number of hydrogen-bond donors (Lipinski definition) is 2. The highest BCUT2D eigenvalue weighted by Crippen LogP contribution is 2.44. The van der Waals surface area contributed by atoms with E-state index in [2.05, 4.69) is 186 Å². The van der Waals surface area contributed by atoms with Gasteiger partial charge < -0.3 is 10.2 Å². The molecule has 7 aromatic carbocycles. The molecule has 2 N–H and O–H groups in total. The van der Waals surface area contributed by atoms with E-state index in [1.54, 1.807) is 0 Å². The second-order valence-electron chi connectivity index (χ2n) is 24.5. The van der Waals surface area contributed by atoms with Crippen LogP contribution in [0.5, 0.6) is 11.5 Å². The van der Waals surface area contributed by atoms with Crippen molar-refractivity contribution in [2.75, 3.05) is 0 Å². The first-order valence-corrected chi connectivity index (χ1v) is 25.7. The SMILES string of the molecule is CC(C)(C)c1cc(-c2c3ccc4ccc5cc4c3nc3c2ccc2ccc(cc23)C#Cc2cc(c(O)c(C(C)(C)C)c2)C=NC2CCCCC2N=Cc2cc(cc(C(C)(C)C)c2O)C#C5)cc(C(C)(C)C)c1. The summed E-state index contributed by atoms with van der Waals surface area (Å²) in [5, 5.41) is 30.0. The Labute approximate surface area is 426 Å². The van der Waals surface area contributed by atoms with E-state index in [-0.39, 0.29) is 45.2 Å². The molecule has 0 amide bonds. The van der Waals surface area contributed by atoms with Gasteiger partial charge in [-0.05, 0) is 110 Å². The number of nitrogens with zero attached hydrogens (tertiary/aromatic N) is 3. The summed E-state index contributed by atoms with van der Waals surface area (Å²) in [5.41, 5.74) is 12.1. The lowest BCUT2D eigenvalue weighted by Crippen LogP contribution is -2.27. The Bertz CT molecular complexity index is 3490. The first-order valence-electron chi connectivity index (χ1n) is 25.7. The molecule has 10 bridgehead atoms. The number of aliphatic imine (C=N–C) groups is 2. The molecule has 5 heteroatoms. The van der Waals surface area contributed by atoms with Crippen molar-refractivity contribution >= 4 is 55.8 Å². The molecule has 0 radical (unpaired) electrons. The van der Waals surface area contributed by atoms with E-state index in [0.717, 1.165) is 108 Å². The predicted molar refractivity (Wildman–Crippen MR) is 304 cm³/mol. The van der Waals surface area contributed by atoms with Gasteiger partial charge in [-0.2, -0.15) is 0 Å². The van der Waals surface area contributed by atoms with Gasteiger partial charge in [0.25, 0.3) is 0 Å². The molecular weight excluding hydrogens is 879 g/mol. The molecule has 8 aromatic rings. The summed E-state index contributed by atoms with van der Waals surface area (Å²) < 4.78 is 0. The zero-order chi connectivity index (χ0) is 51.1. The van der Waals surface area contributed by atoms with Gasteiger partial charge in [0.05, 0.1) is 23.1 Å². The number of pyridine rings is 1. The molecular formula is C67H67N3O2. The van der Waals surface area contributed by atoms with Crippen LogP contribution in [-0.4, -0.2) is 39.7 Å². The molecule has 1 aliphatic heterocycles. The molecule has 1 saturated carbocycles. The normalized spacial score (nSPS) is 16.4. The highest BCUT2D eigenvalue weighted by molar-refractivity contribution is 6.21. The van der Waals surface area contributed by atoms with Gasteiger partial charge in [-0.1, -0.05) is 174 Å². The molecule has 0 spiro atoms. The number of hydrogen-bond acceptors (Lipinski definition) is 5. The van der Waals surface area contributed by atoms with Crippen LogP contribution in [0.1, 0.15) is 164 Å². The minimum atomic E-state index is -0.352. The van der Waals surface area contributed by atoms with E-state index in [4.69, 9.17) is 15.0 Å². The van der Waals surface area contributed by atoms with Crippen molar-refractivity contribution in [2.45, 2.75) is 143 Å². The second-order valence-corrected chi connectivity index (χ2v) is 24.5. The van der Waals surface area contributed by atoms with Crippen molar-refractivity contribution in [1.82, 2.24) is 4.98 Å². The zero-order valence-electron chi connectivity index (χ0n) is 44.2. The third-order valence-electron chi connectivity index (χ3n) is 14.8. The molecule has 1 aromatic heterocycles. The topological polar surface area (TPSA) is 78.1 Å². The Kier molecular flexibility index (Phi) is 12.0. The van der Waals surface area contributed by atoms with Gasteiger partial charge in [0.2, 0.25) is 0 Å². The third-order valence-corrected chi connectivity index (χ3v) is 14.8. The average molecular weight is 946 g/mol. The summed E-state index contributed by atoms with van der Waals surface area (Å²) in [7, 11) is 0. The summed E-state index contributed by atoms with van der Waals surface area (Å²) >= 11 is 0. The largest absolute Gasteiger partial charge is 0.507 e. The number of phenolic OH excluding ortho intramolecular Hbond substituents is 2. The monoisotopic (exact) mass is 946 g/mol. The number of aromatic nitrogens is 1. The molecule has 0 saturated heterocycles. The standard InChI is InChI=1S/C67H67N3O2/c1-64(2,3)49-35-46(36-50(37-49)65(4,5)6)59-51-27-25-44-23-21-40-17-19-42-29-47(62(71)55(33-42)66(7,8)9)38-68-57-15-13-14-16-58(57)69-39-48-30-43(34-56(63(48)72)67(10,11)12)20-18-41-22-24-45-26-28-52(59)61(54(45)32-41)70-60(51)53(44)31-40/h21-39,57-58,71-72H,13-16H2,1-12H3. The Morgan fingerprint density at radius 1 is 0.431 bits per heavy atom. The fourth-order valence-corrected chi connectivity index (χ4v) is 10.5. The lowest BCUT2D eigenvalue weighted by molar-refractivity contribution is 0.390. The van der Waals surface area contributed by atoms with Gasteiger partial charge in [-0.3, -0.25) is 9.98 Å². The Hall–Kier alpha value is -7.21. The average Bonchev–Trinajstić information content (AvgIpc) is 3.32. The van der Waals surface area contributed by atoms with Gasteiger partial charge >= 0.3 is 0 Å². The lowest BCUT2D eigenvalue weighted by atomic mass is 9.78. The molecule has 10 rings (SSSR count). The Morgan fingerprint density at radius 3 is 1.24 bits per heavy atom. The molecule has 2 unspecified atom stereocenters. The van der Waals surface area contributed by atoms with Crippen molar-refractivity contribution in [2.24, 2.45) is 9.98 Å². The van der Waals surface area contributed by atoms with Crippen LogP contribution >= 0.6 is 0 Å². The summed E-state index contributed by atoms with van der Waals surface area (Å²) in [4.78, 5) is 16.0. The molecule has 362 valence electrons. The minimum Gasteiger partial charge on any atom is -0.507 e. The van der Waals surface area contributed by atoms with Crippen LogP contribution in [0.15, 0.2) is 113 Å². The van der Waals surface area contributed by atoms with E-state index in [1.165, 1.54) is 16.7 Å². The van der Waals surface area contributed by atoms with Crippen LogP contribution in [-0.2, 0) is 21.7 Å². The van der Waals surface area contributed by atoms with Crippen molar-refractivity contribution < 1.29 is 10.2 Å². The Balaban J connectivity index is 1.29. The van der Waals surface area contributed by atoms with Crippen molar-refractivity contribution in [1.29, 1.82) is 0 Å². The fourth-order valence-electron chi connectivity index (χ4n) is 10.5. The first kappa shape index (κ1) is 48.4. The molecule has 1 fully saturated rings. The van der Waals surface area contributed by atoms with Crippen LogP contribution in [0.3, 0.4) is 0 Å². The number of benzene rings is 7. The van der Waals surface area contributed by atoms with Crippen LogP contribution in [0.4, 0.5) is 0 Å². The maximum Gasteiger partial charge on any atom is 0.128 e. The predicted octanol–water partition coefficient (Wildman–Crippen LogP) is 15.9. The van der Waals surface area contributed by atoms with E-state index < -0.39 is 0 Å². The maximum absolute atomic E-state index is 11.8. The molecule has 2 atom stereocenters. The van der Waals surface area contributed by atoms with Crippen molar-refractivity contribution in [3.63, 3.8) is 0 Å². The van der Waals surface area contributed by atoms with E-state index in [9.17, 15) is 10.2 Å². The zero-order valence-corrected chi connectivity index (χ0v) is 44.2. The van der Waals surface area contributed by atoms with Crippen molar-refractivity contribution in [3.05, 3.63) is 159 Å². The summed E-state index contributed by atoms with van der Waals surface area (Å²) in [5.74, 6) is 14.5. The van der Waals surface area contributed by atoms with Gasteiger partial charge in [0.1, 0.15) is 11.5 Å². The van der Waals surface area contributed by atoms with Crippen molar-refractivity contribution in [3.8, 4) is 46.3 Å². The summed E-state index contributed by atoms with van der Waals surface area (Å²) in [6.07, 6.45) is 7.50. The number of phenols is 2. The molecule has 2 aliphatic rings. The van der Waals surface area contributed by atoms with Crippen LogP contribution < -0.4 is 0 Å².